The number of nitrogens with zero attached hydrogens (tertiary/aromatic N) is 16. The van der Waals surface area contributed by atoms with Crippen LogP contribution in [0.3, 0.4) is 0 Å². The van der Waals surface area contributed by atoms with Crippen LogP contribution in [0.4, 0.5) is 111 Å². The Balaban J connectivity index is 0.000000143. The molecule has 41 heteroatoms. The van der Waals surface area contributed by atoms with Crippen LogP contribution in [0.15, 0.2) is 97.6 Å². The van der Waals surface area contributed by atoms with Crippen LogP contribution in [0, 0.1) is 79.8 Å². The molecule has 0 spiro atoms. The highest BCUT2D eigenvalue weighted by atomic mass is 35.5. The summed E-state index contributed by atoms with van der Waals surface area (Å²) in [6.45, 7) is 31.0. The minimum atomic E-state index is -0.386. The molecule has 12 aromatic rings. The third kappa shape index (κ3) is 25.5. The number of nitrogens with two attached hydrogens (primary N) is 1. The lowest BCUT2D eigenvalue weighted by Crippen LogP contribution is -2.50. The van der Waals surface area contributed by atoms with E-state index in [4.69, 9.17) is 56.9 Å². The number of amides is 4. The van der Waals surface area contributed by atoms with Crippen LogP contribution < -0.4 is 53.6 Å². The first-order valence-electron chi connectivity index (χ1n) is 44.2. The molecular weight excluding hydrogens is 1790 g/mol. The van der Waals surface area contributed by atoms with Crippen molar-refractivity contribution in [1.82, 2.24) is 106 Å². The van der Waals surface area contributed by atoms with E-state index in [1.807, 2.05) is 93.5 Å². The summed E-state index contributed by atoms with van der Waals surface area (Å²) < 4.78 is 50.5. The highest BCUT2D eigenvalue weighted by Crippen LogP contribution is 2.41. The number of ether oxygens (including phenoxy) is 1. The summed E-state index contributed by atoms with van der Waals surface area (Å²) in [5, 5.41) is 57.2. The van der Waals surface area contributed by atoms with Crippen molar-refractivity contribution < 1.29 is 32.3 Å². The monoisotopic (exact) mass is 1900 g/mol. The van der Waals surface area contributed by atoms with Crippen LogP contribution >= 0.6 is 46.4 Å². The number of piperidine rings is 4. The molecule has 15 N–H and O–H groups in total. The highest BCUT2D eigenvalue weighted by molar-refractivity contribution is 6.34. The second kappa shape index (κ2) is 43.9. The summed E-state index contributed by atoms with van der Waals surface area (Å²) in [6, 6.07) is 22.6. The van der Waals surface area contributed by atoms with Gasteiger partial charge in [0, 0.05) is 111 Å². The number of aromatic nitrogens is 16. The molecule has 0 aliphatic carbocycles. The van der Waals surface area contributed by atoms with Gasteiger partial charge in [0.05, 0.1) is 61.6 Å². The third-order valence-corrected chi connectivity index (χ3v) is 25.3. The molecule has 34 nitrogen and oxygen atoms in total. The molecule has 17 rings (SSSR count). The molecule has 133 heavy (non-hydrogen) atoms. The van der Waals surface area contributed by atoms with E-state index in [1.54, 1.807) is 43.5 Å². The molecule has 5 aliphatic rings. The van der Waals surface area contributed by atoms with Crippen molar-refractivity contribution in [2.45, 2.75) is 170 Å². The maximum atomic E-state index is 15.2. The molecule has 5 saturated heterocycles. The average Bonchev–Trinajstić information content (AvgIpc) is 1.58. The van der Waals surface area contributed by atoms with E-state index in [0.29, 0.717) is 136 Å². The van der Waals surface area contributed by atoms with Gasteiger partial charge in [-0.2, -0.15) is 40.3 Å². The molecular formula is C92H111Cl4F3N30O4. The molecule has 13 heterocycles. The van der Waals surface area contributed by atoms with E-state index in [-0.39, 0.29) is 88.9 Å². The third-order valence-electron chi connectivity index (χ3n) is 24.2. The van der Waals surface area contributed by atoms with Crippen molar-refractivity contribution in [1.29, 1.82) is 0 Å². The van der Waals surface area contributed by atoms with Gasteiger partial charge in [0.15, 0.2) is 46.5 Å². The Kier molecular flexibility index (Phi) is 31.9. The zero-order valence-electron chi connectivity index (χ0n) is 76.1. The van der Waals surface area contributed by atoms with Gasteiger partial charge in [-0.25, -0.2) is 37.9 Å². The van der Waals surface area contributed by atoms with Crippen molar-refractivity contribution in [3.8, 4) is 0 Å². The maximum absolute atomic E-state index is 15.2. The van der Waals surface area contributed by atoms with Crippen molar-refractivity contribution in [2.24, 2.45) is 5.73 Å². The lowest BCUT2D eigenvalue weighted by atomic mass is 9.83. The average molecular weight is 1900 g/mol. The number of H-pyrrole nitrogens is 4. The first-order valence-corrected chi connectivity index (χ1v) is 45.7. The van der Waals surface area contributed by atoms with Gasteiger partial charge < -0.3 is 73.0 Å². The van der Waals surface area contributed by atoms with Crippen LogP contribution in [0.1, 0.15) is 169 Å². The molecule has 0 bridgehead atoms. The van der Waals surface area contributed by atoms with Gasteiger partial charge in [-0.1, -0.05) is 52.5 Å². The van der Waals surface area contributed by atoms with E-state index in [1.165, 1.54) is 29.7 Å². The van der Waals surface area contributed by atoms with E-state index in [9.17, 15) is 18.8 Å². The fraction of sp³-hybridized carbons (Fsp3) is 0.402. The summed E-state index contributed by atoms with van der Waals surface area (Å²) in [6.07, 6.45) is 13.2. The number of rotatable bonds is 22. The van der Waals surface area contributed by atoms with E-state index in [0.717, 1.165) is 145 Å². The predicted molar refractivity (Wildman–Crippen MR) is 514 cm³/mol. The largest absolute Gasteiger partial charge is 0.378 e. The van der Waals surface area contributed by atoms with Gasteiger partial charge in [0.1, 0.15) is 37.5 Å². The quantitative estimate of drug-likeness (QED) is 0.0300. The second-order valence-electron chi connectivity index (χ2n) is 34.4. The van der Waals surface area contributed by atoms with Gasteiger partial charge >= 0.3 is 6.03 Å². The Bertz CT molecular complexity index is 6110. The van der Waals surface area contributed by atoms with Crippen LogP contribution in [-0.2, 0) is 14.3 Å². The van der Waals surface area contributed by atoms with Gasteiger partial charge in [-0.15, -0.1) is 0 Å². The molecule has 0 radical (unpaired) electrons. The highest BCUT2D eigenvalue weighted by Gasteiger charge is 2.33. The van der Waals surface area contributed by atoms with E-state index < -0.39 is 0 Å². The summed E-state index contributed by atoms with van der Waals surface area (Å²) in [5.74, 6) is 5.03. The number of carbonyl (C=O) groups is 3. The molecule has 702 valence electrons. The fourth-order valence-corrected chi connectivity index (χ4v) is 17.8. The van der Waals surface area contributed by atoms with Crippen LogP contribution in [0.5, 0.6) is 0 Å². The number of morpholine rings is 1. The summed E-state index contributed by atoms with van der Waals surface area (Å²) in [5.41, 5.74) is 20.5. The van der Waals surface area contributed by atoms with Crippen molar-refractivity contribution >= 4 is 157 Å². The first-order chi connectivity index (χ1) is 63.7. The minimum Gasteiger partial charge on any atom is -0.378 e. The number of hydrogen-bond donors (Lipinski definition) is 14. The molecule has 4 amide bonds. The van der Waals surface area contributed by atoms with Gasteiger partial charge in [0.2, 0.25) is 35.6 Å². The number of carbonyl (C=O) groups excluding carboxylic acids is 3. The number of aromatic amines is 4. The van der Waals surface area contributed by atoms with Crippen LogP contribution in [-0.4, -0.2) is 202 Å². The Morgan fingerprint density at radius 1 is 0.414 bits per heavy atom. The van der Waals surface area contributed by atoms with Gasteiger partial charge in [0.25, 0.3) is 0 Å². The maximum Gasteiger partial charge on any atom is 0.320 e. The van der Waals surface area contributed by atoms with Gasteiger partial charge in [-0.3, -0.25) is 34.9 Å². The minimum absolute atomic E-state index is 0.0726. The zero-order valence-corrected chi connectivity index (χ0v) is 79.2. The Labute approximate surface area is 789 Å². The number of halogens is 7. The zero-order chi connectivity index (χ0) is 94.4. The number of urea groups is 1. The normalized spacial score (nSPS) is 17.2. The smallest absolute Gasteiger partial charge is 0.320 e. The SMILES string of the molecule is CC(=O)N1CCC(c2cc(C)c(Nc3ncc(Cl)c(Nc4cc(C)[nH]n4)n3)cc2C)CC1.Cc1cc(Nc2nc(Nc3cc(C)c(C4CCN(C(=O)N5CCOCC5)CC4)cc3F)ncc2Cl)n[nH]1.Cc1cc(Nc2nc(Nc3cc(C)c(C4CCN(CC(N)=O)C(C)C4)cc3F)ncc2Cl)n[nH]1.Cc1cc(Nc2nc(Nc3cc(C)c(C4CCNC(C)C4)cc3F)ncc2Cl)n[nH]1. The number of aryl methyl sites for hydroxylation is 9. The van der Waals surface area contributed by atoms with Crippen molar-refractivity contribution in [3.63, 3.8) is 0 Å². The molecule has 5 aliphatic heterocycles. The Morgan fingerprint density at radius 3 is 1.09 bits per heavy atom. The number of primary amides is 1. The lowest BCUT2D eigenvalue weighted by molar-refractivity contribution is -0.129. The number of hydrogen-bond acceptors (Lipinski definition) is 26. The van der Waals surface area contributed by atoms with Gasteiger partial charge in [-0.05, 0) is 257 Å². The number of nitrogens with one attached hydrogen (secondary N) is 13. The Morgan fingerprint density at radius 2 is 0.744 bits per heavy atom. The molecule has 4 atom stereocenters. The number of likely N-dealkylation sites (tertiary alicyclic amines) is 3. The number of anilines is 16. The standard InChI is InChI=1S/C25H30ClFN8O2.C23H28ClFN8O.C23H28ClN7O.C21H25ClFN7/c1-15-11-21(29-24-28-14-19(26)23(31-24)30-22-12-16(2)32-33-22)20(27)13-18(15)17-3-5-34(6-4-17)25(36)35-7-9-37-10-8-35;1-12-6-19(18(25)9-16(12)15-4-5-33(11-20(26)34)14(3)8-15)28-23-27-10-17(24)22(30-23)29-21-7-13(2)31-32-21;1-13-10-20(14(2)9-18(13)17-5-7-31(8-6-17)16(4)32)26-23-25-12-19(24)22(28-23)27-21-11-15(3)29-30-21;1-11-6-18(17(23)9-15(11)14-4-5-24-12(2)7-14)26-21-25-10-16(22)20(28-21)27-19-8-13(3)29-30-19/h11-14,17H,3-10H2,1-2H3,(H3,28,29,30,31,32,33);6-7,9-10,14-15H,4-5,8,11H2,1-3H3,(H2,26,34)(H3,27,28,29,30,31,32);9-12,17H,5-8H2,1-4H3,(H3,25,26,27,28,29,30);6,8-10,12,14,24H,4-5,7H2,1-3H3,(H3,25,26,27,28,29,30). The van der Waals surface area contributed by atoms with E-state index in [2.05, 4.69) is 173 Å². The second-order valence-corrected chi connectivity index (χ2v) is 36.0. The molecule has 5 fully saturated rings. The van der Waals surface area contributed by atoms with Crippen LogP contribution in [0.25, 0.3) is 0 Å². The summed E-state index contributed by atoms with van der Waals surface area (Å²) in [7, 11) is 0. The van der Waals surface area contributed by atoms with Crippen LogP contribution in [0.2, 0.25) is 20.1 Å². The number of benzene rings is 4. The predicted octanol–water partition coefficient (Wildman–Crippen LogP) is 18.8. The van der Waals surface area contributed by atoms with Crippen molar-refractivity contribution in [2.75, 3.05) is 115 Å². The lowest BCUT2D eigenvalue weighted by Gasteiger charge is -2.37. The first kappa shape index (κ1) is 96.5. The van der Waals surface area contributed by atoms with E-state index >= 15 is 8.78 Å². The molecule has 4 unspecified atom stereocenters. The Hall–Kier alpha value is -12.5. The molecule has 4 aromatic carbocycles. The fourth-order valence-electron chi connectivity index (χ4n) is 17.3. The molecule has 8 aromatic heterocycles. The van der Waals surface area contributed by atoms with Crippen molar-refractivity contribution in [3.05, 3.63) is 208 Å². The topological polar surface area (TPSA) is 426 Å². The summed E-state index contributed by atoms with van der Waals surface area (Å²) in [4.78, 5) is 78.0. The summed E-state index contributed by atoms with van der Waals surface area (Å²) >= 11 is 24.9. The molecule has 0 saturated carbocycles.